The van der Waals surface area contributed by atoms with Crippen LogP contribution in [0.3, 0.4) is 0 Å². The molecule has 1 saturated heterocycles. The van der Waals surface area contributed by atoms with Crippen molar-refractivity contribution in [3.05, 3.63) is 59.9 Å². The van der Waals surface area contributed by atoms with E-state index in [0.717, 1.165) is 24.3 Å². The van der Waals surface area contributed by atoms with E-state index < -0.39 is 34.0 Å². The van der Waals surface area contributed by atoms with Gasteiger partial charge in [-0.2, -0.15) is 0 Å². The number of morpholine rings is 1. The molecule has 0 aromatic heterocycles. The van der Waals surface area contributed by atoms with E-state index in [2.05, 4.69) is 9.46 Å². The smallest absolute Gasteiger partial charge is 0.406 e. The lowest BCUT2D eigenvalue weighted by atomic mass is 10.0. The lowest BCUT2D eigenvalue weighted by molar-refractivity contribution is -0.274. The van der Waals surface area contributed by atoms with Crippen molar-refractivity contribution in [1.82, 2.24) is 9.62 Å². The molecule has 1 aliphatic rings. The minimum atomic E-state index is -4.94. The number of sulfonamides is 1. The van der Waals surface area contributed by atoms with Crippen molar-refractivity contribution in [2.75, 3.05) is 32.8 Å². The van der Waals surface area contributed by atoms with Gasteiger partial charge >= 0.3 is 6.36 Å². The van der Waals surface area contributed by atoms with Gasteiger partial charge in [0, 0.05) is 31.7 Å². The second-order valence-electron chi connectivity index (χ2n) is 6.59. The molecular weight excluding hydrogens is 428 g/mol. The molecular formula is C19H20F4N2O4S. The topological polar surface area (TPSA) is 67.9 Å². The molecule has 2 aromatic carbocycles. The SMILES string of the molecule is O=S(=O)(NCC(c1cccc(F)c1)N1CCOCC1)c1cccc(OC(F)(F)F)c1. The zero-order valence-electron chi connectivity index (χ0n) is 15.7. The molecule has 1 N–H and O–H groups in total. The lowest BCUT2D eigenvalue weighted by Crippen LogP contribution is -2.43. The monoisotopic (exact) mass is 448 g/mol. The standard InChI is InChI=1S/C19H20F4N2O4S/c20-15-4-1-3-14(11-15)18(25-7-9-28-10-8-25)13-24-30(26,27)17-6-2-5-16(12-17)29-19(21,22)23/h1-6,11-12,18,24H,7-10,13H2. The molecule has 0 saturated carbocycles. The van der Waals surface area contributed by atoms with Crippen molar-refractivity contribution < 1.29 is 35.5 Å². The van der Waals surface area contributed by atoms with E-state index in [0.29, 0.717) is 31.9 Å². The number of benzene rings is 2. The van der Waals surface area contributed by atoms with Gasteiger partial charge in [-0.25, -0.2) is 17.5 Å². The highest BCUT2D eigenvalue weighted by Crippen LogP contribution is 2.26. The first kappa shape index (κ1) is 22.5. The Balaban J connectivity index is 1.79. The van der Waals surface area contributed by atoms with Gasteiger partial charge < -0.3 is 9.47 Å². The maximum Gasteiger partial charge on any atom is 0.573 e. The number of ether oxygens (including phenoxy) is 2. The average molecular weight is 448 g/mol. The zero-order chi connectivity index (χ0) is 21.8. The number of hydrogen-bond acceptors (Lipinski definition) is 5. The van der Waals surface area contributed by atoms with E-state index >= 15 is 0 Å². The molecule has 0 spiro atoms. The van der Waals surface area contributed by atoms with Crippen molar-refractivity contribution in [3.8, 4) is 5.75 Å². The number of alkyl halides is 3. The molecule has 3 rings (SSSR count). The predicted octanol–water partition coefficient (Wildman–Crippen LogP) is 3.08. The highest BCUT2D eigenvalue weighted by molar-refractivity contribution is 7.89. The third-order valence-electron chi connectivity index (χ3n) is 4.54. The molecule has 0 amide bonds. The van der Waals surface area contributed by atoms with Crippen LogP contribution >= 0.6 is 0 Å². The fraction of sp³-hybridized carbons (Fsp3) is 0.368. The Hall–Kier alpha value is -2.21. The fourth-order valence-electron chi connectivity index (χ4n) is 3.17. The molecule has 11 heteroatoms. The van der Waals surface area contributed by atoms with Crippen LogP contribution in [0, 0.1) is 5.82 Å². The van der Waals surface area contributed by atoms with Crippen molar-refractivity contribution in [3.63, 3.8) is 0 Å². The molecule has 6 nitrogen and oxygen atoms in total. The summed E-state index contributed by atoms with van der Waals surface area (Å²) in [5.74, 6) is -1.09. The van der Waals surface area contributed by atoms with Crippen molar-refractivity contribution in [1.29, 1.82) is 0 Å². The van der Waals surface area contributed by atoms with E-state index in [9.17, 15) is 26.0 Å². The molecule has 1 heterocycles. The largest absolute Gasteiger partial charge is 0.573 e. The number of hydrogen-bond donors (Lipinski definition) is 1. The van der Waals surface area contributed by atoms with Crippen LogP contribution in [0.5, 0.6) is 5.75 Å². The Labute approximate surface area is 171 Å². The molecule has 2 aromatic rings. The Morgan fingerprint density at radius 2 is 1.80 bits per heavy atom. The first-order valence-corrected chi connectivity index (χ1v) is 10.6. The molecule has 1 atom stereocenters. The quantitative estimate of drug-likeness (QED) is 0.660. The van der Waals surface area contributed by atoms with Gasteiger partial charge in [0.05, 0.1) is 18.1 Å². The van der Waals surface area contributed by atoms with Gasteiger partial charge in [-0.1, -0.05) is 18.2 Å². The van der Waals surface area contributed by atoms with Crippen LogP contribution in [0.2, 0.25) is 0 Å². The normalized spacial score (nSPS) is 16.9. The van der Waals surface area contributed by atoms with Gasteiger partial charge in [0.1, 0.15) is 11.6 Å². The van der Waals surface area contributed by atoms with Crippen LogP contribution in [0.25, 0.3) is 0 Å². The molecule has 0 radical (unpaired) electrons. The van der Waals surface area contributed by atoms with Crippen molar-refractivity contribution in [2.24, 2.45) is 0 Å². The molecule has 0 bridgehead atoms. The molecule has 1 aliphatic heterocycles. The van der Waals surface area contributed by atoms with E-state index in [4.69, 9.17) is 4.74 Å². The first-order chi connectivity index (χ1) is 14.1. The number of rotatable bonds is 7. The van der Waals surface area contributed by atoms with Gasteiger partial charge in [-0.3, -0.25) is 4.90 Å². The lowest BCUT2D eigenvalue weighted by Gasteiger charge is -2.34. The molecule has 164 valence electrons. The third-order valence-corrected chi connectivity index (χ3v) is 5.96. The Bertz CT molecular complexity index is 963. The van der Waals surface area contributed by atoms with E-state index in [1.807, 2.05) is 4.90 Å². The third kappa shape index (κ3) is 6.14. The first-order valence-electron chi connectivity index (χ1n) is 9.07. The minimum absolute atomic E-state index is 0.101. The summed E-state index contributed by atoms with van der Waals surface area (Å²) in [7, 11) is -4.14. The summed E-state index contributed by atoms with van der Waals surface area (Å²) in [5, 5.41) is 0. The highest BCUT2D eigenvalue weighted by Gasteiger charge is 2.32. The predicted molar refractivity (Wildman–Crippen MR) is 99.8 cm³/mol. The van der Waals surface area contributed by atoms with Crippen molar-refractivity contribution >= 4 is 10.0 Å². The van der Waals surface area contributed by atoms with Crippen LogP contribution in [0.1, 0.15) is 11.6 Å². The molecule has 1 fully saturated rings. The van der Waals surface area contributed by atoms with Crippen LogP contribution in [-0.4, -0.2) is 52.5 Å². The molecule has 0 aliphatic carbocycles. The van der Waals surface area contributed by atoms with Gasteiger partial charge in [0.2, 0.25) is 10.0 Å². The summed E-state index contributed by atoms with van der Waals surface area (Å²) in [4.78, 5) is 1.59. The van der Waals surface area contributed by atoms with Crippen LogP contribution in [-0.2, 0) is 14.8 Å². The Morgan fingerprint density at radius 3 is 2.47 bits per heavy atom. The number of nitrogens with one attached hydrogen (secondary N) is 1. The Morgan fingerprint density at radius 1 is 1.10 bits per heavy atom. The van der Waals surface area contributed by atoms with E-state index in [1.54, 1.807) is 6.07 Å². The zero-order valence-corrected chi connectivity index (χ0v) is 16.5. The highest BCUT2D eigenvalue weighted by atomic mass is 32.2. The summed E-state index contributed by atoms with van der Waals surface area (Å²) in [6.45, 7) is 1.86. The number of halogens is 4. The minimum Gasteiger partial charge on any atom is -0.406 e. The second-order valence-corrected chi connectivity index (χ2v) is 8.36. The summed E-state index contributed by atoms with van der Waals surface area (Å²) in [6, 6.07) is 9.48. The van der Waals surface area contributed by atoms with Crippen LogP contribution in [0.4, 0.5) is 17.6 Å². The van der Waals surface area contributed by atoms with Crippen molar-refractivity contribution in [2.45, 2.75) is 17.3 Å². The van der Waals surface area contributed by atoms with E-state index in [-0.39, 0.29) is 11.4 Å². The summed E-state index contributed by atoms with van der Waals surface area (Å²) < 4.78 is 87.8. The Kier molecular flexibility index (Phi) is 6.96. The van der Waals surface area contributed by atoms with Crippen LogP contribution < -0.4 is 9.46 Å². The van der Waals surface area contributed by atoms with Gasteiger partial charge in [-0.05, 0) is 29.8 Å². The average Bonchev–Trinajstić information content (AvgIpc) is 2.68. The molecule has 1 unspecified atom stereocenters. The number of nitrogens with zero attached hydrogens (tertiary/aromatic N) is 1. The van der Waals surface area contributed by atoms with Gasteiger partial charge in [0.15, 0.2) is 0 Å². The summed E-state index contributed by atoms with van der Waals surface area (Å²) >= 11 is 0. The van der Waals surface area contributed by atoms with Gasteiger partial charge in [-0.15, -0.1) is 13.2 Å². The molecule has 30 heavy (non-hydrogen) atoms. The van der Waals surface area contributed by atoms with Crippen LogP contribution in [0.15, 0.2) is 53.4 Å². The summed E-state index contributed by atoms with van der Waals surface area (Å²) in [6.07, 6.45) is -4.94. The summed E-state index contributed by atoms with van der Waals surface area (Å²) in [5.41, 5.74) is 0.578. The van der Waals surface area contributed by atoms with Gasteiger partial charge in [0.25, 0.3) is 0 Å². The van der Waals surface area contributed by atoms with E-state index in [1.165, 1.54) is 18.2 Å². The maximum atomic E-state index is 13.7. The maximum absolute atomic E-state index is 13.7. The fourth-order valence-corrected chi connectivity index (χ4v) is 4.24. The second kappa shape index (κ2) is 9.29.